The Labute approximate surface area is 226 Å². The number of carbonyl (C=O) groups is 4. The molecule has 0 saturated heterocycles. The molecule has 0 spiro atoms. The predicted molar refractivity (Wildman–Crippen MR) is 134 cm³/mol. The van der Waals surface area contributed by atoms with Gasteiger partial charge in [-0.2, -0.15) is 26.3 Å². The number of alkyl carbamates (subject to hydrolysis) is 2. The molecule has 238 valence electrons. The van der Waals surface area contributed by atoms with Crippen molar-refractivity contribution < 1.29 is 65.2 Å². The standard InChI is InChI=1S/C11H18F3NO4.C8H12F3NO4.4CH4/c1-9(2,3)19-8(18)15-6(7(16)17)10(4,5)11(12,13)14;1-7(2,8(9,10)11)4(5(13)14)12-6(15)16-3;;;;/h6H,1-5H3,(H,15,18)(H,16,17);4H,1-3H3,(H,12,15)(H,13,14);4*1H4/t6-;4-;;;;/m11..../s1. The summed E-state index contributed by atoms with van der Waals surface area (Å²) in [5.74, 6) is -3.57. The van der Waals surface area contributed by atoms with Crippen molar-refractivity contribution in [2.75, 3.05) is 7.11 Å². The fourth-order valence-corrected chi connectivity index (χ4v) is 2.03. The number of hydrogen-bond donors (Lipinski definition) is 4. The summed E-state index contributed by atoms with van der Waals surface area (Å²) in [7, 11) is 0.925. The number of aliphatic carboxylic acids is 2. The zero-order valence-electron chi connectivity index (χ0n) is 20.3. The number of ether oxygens (including phenoxy) is 2. The molecule has 0 unspecified atom stereocenters. The van der Waals surface area contributed by atoms with Crippen LogP contribution in [0.1, 0.15) is 78.2 Å². The van der Waals surface area contributed by atoms with Crippen LogP contribution in [0.4, 0.5) is 35.9 Å². The average Bonchev–Trinajstić information content (AvgIpc) is 2.60. The van der Waals surface area contributed by atoms with Crippen LogP contribution < -0.4 is 10.6 Å². The Hall–Kier alpha value is -2.94. The van der Waals surface area contributed by atoms with Gasteiger partial charge in [0.15, 0.2) is 0 Å². The normalized spacial score (nSPS) is 13.0. The minimum Gasteiger partial charge on any atom is -0.480 e. The Morgan fingerprint density at radius 1 is 0.615 bits per heavy atom. The van der Waals surface area contributed by atoms with E-state index in [4.69, 9.17) is 14.9 Å². The van der Waals surface area contributed by atoms with Gasteiger partial charge in [-0.1, -0.05) is 29.7 Å². The second-order valence-corrected chi connectivity index (χ2v) is 9.26. The summed E-state index contributed by atoms with van der Waals surface area (Å²) >= 11 is 0. The van der Waals surface area contributed by atoms with Gasteiger partial charge in [-0.3, -0.25) is 0 Å². The van der Waals surface area contributed by atoms with Crippen LogP contribution in [0.3, 0.4) is 0 Å². The van der Waals surface area contributed by atoms with Gasteiger partial charge in [-0.05, 0) is 48.5 Å². The van der Waals surface area contributed by atoms with Crippen molar-refractivity contribution in [3.8, 4) is 0 Å². The van der Waals surface area contributed by atoms with Crippen molar-refractivity contribution in [1.82, 2.24) is 10.6 Å². The van der Waals surface area contributed by atoms with Crippen LogP contribution in [-0.4, -0.2) is 71.5 Å². The lowest BCUT2D eigenvalue weighted by atomic mass is 9.83. The van der Waals surface area contributed by atoms with Crippen molar-refractivity contribution >= 4 is 24.1 Å². The highest BCUT2D eigenvalue weighted by molar-refractivity contribution is 5.81. The van der Waals surface area contributed by atoms with Crippen LogP contribution in [0.15, 0.2) is 0 Å². The van der Waals surface area contributed by atoms with E-state index in [1.54, 1.807) is 10.6 Å². The Bertz CT molecular complexity index is 776. The summed E-state index contributed by atoms with van der Waals surface area (Å²) in [5, 5.41) is 20.9. The molecule has 2 atom stereocenters. The van der Waals surface area contributed by atoms with E-state index in [2.05, 4.69) is 4.74 Å². The molecule has 4 N–H and O–H groups in total. The minimum atomic E-state index is -4.79. The number of hydrogen-bond acceptors (Lipinski definition) is 6. The van der Waals surface area contributed by atoms with Crippen molar-refractivity contribution in [2.24, 2.45) is 10.8 Å². The van der Waals surface area contributed by atoms with Gasteiger partial charge < -0.3 is 30.3 Å². The van der Waals surface area contributed by atoms with Gasteiger partial charge in [0, 0.05) is 0 Å². The molecule has 0 heterocycles. The molecule has 0 rings (SSSR count). The molecule has 0 aromatic heterocycles. The van der Waals surface area contributed by atoms with E-state index in [9.17, 15) is 45.5 Å². The van der Waals surface area contributed by atoms with Gasteiger partial charge in [0.05, 0.1) is 17.9 Å². The number of carboxylic acid groups (broad SMARTS) is 2. The van der Waals surface area contributed by atoms with Crippen molar-refractivity contribution in [3.05, 3.63) is 0 Å². The van der Waals surface area contributed by atoms with E-state index < -0.39 is 65.0 Å². The number of carbonyl (C=O) groups excluding carboxylic acids is 2. The number of nitrogens with one attached hydrogen (secondary N) is 2. The number of methoxy groups -OCH3 is 1. The lowest BCUT2D eigenvalue weighted by molar-refractivity contribution is -0.223. The van der Waals surface area contributed by atoms with Crippen molar-refractivity contribution in [2.45, 2.75) is 108 Å². The number of amides is 2. The molecule has 0 aliphatic carbocycles. The molecule has 0 saturated carbocycles. The van der Waals surface area contributed by atoms with Gasteiger partial charge in [0.2, 0.25) is 0 Å². The van der Waals surface area contributed by atoms with Crippen LogP contribution in [0.25, 0.3) is 0 Å². The molecule has 0 aliphatic rings. The Morgan fingerprint density at radius 2 is 0.872 bits per heavy atom. The molecule has 0 fully saturated rings. The third-order valence-electron chi connectivity index (χ3n) is 4.51. The summed E-state index contributed by atoms with van der Waals surface area (Å²) in [6.07, 6.45) is -12.0. The van der Waals surface area contributed by atoms with Gasteiger partial charge in [0.25, 0.3) is 0 Å². The maximum atomic E-state index is 12.8. The molecule has 0 radical (unpaired) electrons. The average molecular weight is 593 g/mol. The highest BCUT2D eigenvalue weighted by atomic mass is 19.4. The Morgan fingerprint density at radius 3 is 1.05 bits per heavy atom. The predicted octanol–water partition coefficient (Wildman–Crippen LogP) is 6.48. The highest BCUT2D eigenvalue weighted by Gasteiger charge is 2.57. The SMILES string of the molecule is C.C.C.C.CC(C)(C)OC(=O)N[C@H](C(=O)O)C(C)(C)C(F)(F)F.COC(=O)N[C@H](C(=O)O)C(C)(C)C(F)(F)F. The maximum Gasteiger partial charge on any atom is 0.408 e. The first-order valence-corrected chi connectivity index (χ1v) is 9.65. The van der Waals surface area contributed by atoms with Gasteiger partial charge in [0.1, 0.15) is 17.7 Å². The van der Waals surface area contributed by atoms with E-state index in [1.165, 1.54) is 20.8 Å². The zero-order chi connectivity index (χ0) is 28.8. The summed E-state index contributed by atoms with van der Waals surface area (Å²) in [6, 6.07) is -4.25. The number of halogens is 6. The van der Waals surface area contributed by atoms with Crippen LogP contribution in [-0.2, 0) is 19.1 Å². The first kappa shape index (κ1) is 49.1. The van der Waals surface area contributed by atoms with E-state index >= 15 is 0 Å². The topological polar surface area (TPSA) is 151 Å². The quantitative estimate of drug-likeness (QED) is 0.256. The van der Waals surface area contributed by atoms with E-state index in [0.717, 1.165) is 7.11 Å². The third-order valence-corrected chi connectivity index (χ3v) is 4.51. The van der Waals surface area contributed by atoms with Gasteiger partial charge in [-0.25, -0.2) is 19.2 Å². The van der Waals surface area contributed by atoms with Crippen LogP contribution in [0.2, 0.25) is 0 Å². The minimum absolute atomic E-state index is 0. The Kier molecular flexibility index (Phi) is 21.3. The molecular weight excluding hydrogens is 546 g/mol. The summed E-state index contributed by atoms with van der Waals surface area (Å²) in [4.78, 5) is 43.7. The van der Waals surface area contributed by atoms with Crippen molar-refractivity contribution in [3.63, 3.8) is 0 Å². The smallest absolute Gasteiger partial charge is 0.408 e. The summed E-state index contributed by atoms with van der Waals surface area (Å²) in [5.41, 5.74) is -6.17. The number of alkyl halides is 6. The zero-order valence-corrected chi connectivity index (χ0v) is 20.3. The van der Waals surface area contributed by atoms with E-state index in [0.29, 0.717) is 27.7 Å². The second kappa shape index (κ2) is 16.9. The first-order chi connectivity index (χ1) is 15.2. The molecule has 39 heavy (non-hydrogen) atoms. The fraction of sp³-hybridized carbons (Fsp3) is 0.826. The van der Waals surface area contributed by atoms with Gasteiger partial charge >= 0.3 is 36.5 Å². The number of carboxylic acids is 2. The van der Waals surface area contributed by atoms with Gasteiger partial charge in [-0.15, -0.1) is 0 Å². The maximum absolute atomic E-state index is 12.8. The monoisotopic (exact) mass is 592 g/mol. The van der Waals surface area contributed by atoms with Crippen LogP contribution in [0.5, 0.6) is 0 Å². The molecule has 0 aromatic rings. The van der Waals surface area contributed by atoms with E-state index in [-0.39, 0.29) is 29.7 Å². The molecule has 16 heteroatoms. The lowest BCUT2D eigenvalue weighted by Crippen LogP contribution is -2.56. The Balaban J connectivity index is -0.000000128. The molecule has 0 aliphatic heterocycles. The first-order valence-electron chi connectivity index (χ1n) is 9.65. The second-order valence-electron chi connectivity index (χ2n) is 9.26. The molecule has 0 bridgehead atoms. The molecule has 2 amide bonds. The highest BCUT2D eigenvalue weighted by Crippen LogP contribution is 2.41. The van der Waals surface area contributed by atoms with E-state index in [1.807, 2.05) is 0 Å². The summed E-state index contributed by atoms with van der Waals surface area (Å²) < 4.78 is 84.8. The number of rotatable bonds is 6. The molecule has 0 aromatic carbocycles. The lowest BCUT2D eigenvalue weighted by Gasteiger charge is -2.34. The fourth-order valence-electron chi connectivity index (χ4n) is 2.03. The molecular formula is C23H46F6N2O8. The third kappa shape index (κ3) is 15.3. The van der Waals surface area contributed by atoms with Crippen molar-refractivity contribution in [1.29, 1.82) is 0 Å². The van der Waals surface area contributed by atoms with Crippen LogP contribution >= 0.6 is 0 Å². The largest absolute Gasteiger partial charge is 0.480 e. The molecule has 10 nitrogen and oxygen atoms in total. The summed E-state index contributed by atoms with van der Waals surface area (Å²) in [6.45, 7) is 7.29. The van der Waals surface area contributed by atoms with Crippen LogP contribution in [0, 0.1) is 10.8 Å².